The largest absolute Gasteiger partial charge is 0.481 e. The Morgan fingerprint density at radius 3 is 2.58 bits per heavy atom. The van der Waals surface area contributed by atoms with Gasteiger partial charge in [0.25, 0.3) is 5.91 Å². The predicted molar refractivity (Wildman–Crippen MR) is 68.9 cm³/mol. The van der Waals surface area contributed by atoms with Crippen LogP contribution in [0.15, 0.2) is 11.0 Å². The number of H-pyrrole nitrogens is 2. The summed E-state index contributed by atoms with van der Waals surface area (Å²) in [6.45, 7) is 4.27. The van der Waals surface area contributed by atoms with Crippen LogP contribution in [0.4, 0.5) is 0 Å². The maximum Gasteiger partial charge on any atom is 0.323 e. The average Bonchev–Trinajstić information content (AvgIpc) is 2.71. The molecule has 4 N–H and O–H groups in total. The normalized spacial score (nSPS) is 12.4. The summed E-state index contributed by atoms with van der Waals surface area (Å²) >= 11 is 0. The Kier molecular flexibility index (Phi) is 5.35. The first-order chi connectivity index (χ1) is 8.88. The van der Waals surface area contributed by atoms with E-state index in [0.29, 0.717) is 5.92 Å². The van der Waals surface area contributed by atoms with Crippen molar-refractivity contribution in [2.24, 2.45) is 11.8 Å². The number of carbonyl (C=O) groups is 2. The van der Waals surface area contributed by atoms with Crippen molar-refractivity contribution < 1.29 is 14.7 Å². The van der Waals surface area contributed by atoms with Crippen LogP contribution in [0.3, 0.4) is 0 Å². The van der Waals surface area contributed by atoms with Crippen molar-refractivity contribution >= 4 is 11.9 Å². The van der Waals surface area contributed by atoms with Crippen LogP contribution in [0.1, 0.15) is 37.2 Å². The fourth-order valence-corrected chi connectivity index (χ4v) is 1.94. The third kappa shape index (κ3) is 5.41. The van der Waals surface area contributed by atoms with Gasteiger partial charge in [-0.05, 0) is 18.3 Å². The zero-order valence-corrected chi connectivity index (χ0v) is 11.0. The highest BCUT2D eigenvalue weighted by atomic mass is 16.4. The molecular weight excluding hydrogens is 250 g/mol. The van der Waals surface area contributed by atoms with Gasteiger partial charge in [-0.1, -0.05) is 13.8 Å². The molecule has 0 saturated heterocycles. The first-order valence-corrected chi connectivity index (χ1v) is 6.16. The number of carbonyl (C=O) groups excluding carboxylic acids is 1. The van der Waals surface area contributed by atoms with Gasteiger partial charge in [-0.15, -0.1) is 0 Å². The van der Waals surface area contributed by atoms with Crippen LogP contribution in [-0.2, 0) is 4.79 Å². The molecule has 19 heavy (non-hydrogen) atoms. The van der Waals surface area contributed by atoms with E-state index < -0.39 is 17.6 Å². The number of aromatic amines is 2. The van der Waals surface area contributed by atoms with Gasteiger partial charge >= 0.3 is 11.7 Å². The Morgan fingerprint density at radius 2 is 2.11 bits per heavy atom. The Balaban J connectivity index is 2.53. The summed E-state index contributed by atoms with van der Waals surface area (Å²) in [5.41, 5.74) is -0.307. The minimum absolute atomic E-state index is 0.0160. The highest BCUT2D eigenvalue weighted by molar-refractivity contribution is 5.91. The Hall–Kier alpha value is -2.05. The van der Waals surface area contributed by atoms with Crippen LogP contribution >= 0.6 is 0 Å². The van der Waals surface area contributed by atoms with E-state index in [9.17, 15) is 14.4 Å². The minimum Gasteiger partial charge on any atom is -0.481 e. The van der Waals surface area contributed by atoms with E-state index in [4.69, 9.17) is 5.11 Å². The van der Waals surface area contributed by atoms with E-state index in [2.05, 4.69) is 15.3 Å². The Labute approximate surface area is 110 Å². The van der Waals surface area contributed by atoms with E-state index in [1.54, 1.807) is 0 Å². The first kappa shape index (κ1) is 15.0. The number of rotatable bonds is 7. The molecule has 0 fully saturated rings. The van der Waals surface area contributed by atoms with Gasteiger partial charge in [-0.3, -0.25) is 9.59 Å². The number of hydrogen-bond donors (Lipinski definition) is 4. The summed E-state index contributed by atoms with van der Waals surface area (Å²) in [6, 6.07) is 0. The molecule has 0 bridgehead atoms. The van der Waals surface area contributed by atoms with Gasteiger partial charge in [-0.25, -0.2) is 4.79 Å². The van der Waals surface area contributed by atoms with Crippen molar-refractivity contribution in [1.29, 1.82) is 0 Å². The Bertz CT molecular complexity index is 489. The molecule has 0 radical (unpaired) electrons. The summed E-state index contributed by atoms with van der Waals surface area (Å²) in [6.07, 6.45) is 2.02. The van der Waals surface area contributed by atoms with Crippen molar-refractivity contribution in [2.75, 3.05) is 6.54 Å². The van der Waals surface area contributed by atoms with Crippen LogP contribution in [-0.4, -0.2) is 33.5 Å². The highest BCUT2D eigenvalue weighted by Crippen LogP contribution is 2.14. The van der Waals surface area contributed by atoms with Gasteiger partial charge < -0.3 is 20.4 Å². The second kappa shape index (κ2) is 6.77. The van der Waals surface area contributed by atoms with E-state index >= 15 is 0 Å². The molecule has 1 amide bonds. The summed E-state index contributed by atoms with van der Waals surface area (Å²) < 4.78 is 0. The molecule has 7 heteroatoms. The topological polar surface area (TPSA) is 115 Å². The monoisotopic (exact) mass is 269 g/mol. The average molecular weight is 269 g/mol. The molecule has 1 heterocycles. The van der Waals surface area contributed by atoms with E-state index in [1.165, 1.54) is 6.20 Å². The van der Waals surface area contributed by atoms with E-state index in [1.807, 2.05) is 13.8 Å². The number of aliphatic carboxylic acids is 1. The number of amides is 1. The van der Waals surface area contributed by atoms with Crippen molar-refractivity contribution in [3.8, 4) is 0 Å². The zero-order valence-electron chi connectivity index (χ0n) is 11.0. The molecule has 0 aliphatic heterocycles. The lowest BCUT2D eigenvalue weighted by Crippen LogP contribution is -2.31. The van der Waals surface area contributed by atoms with Gasteiger partial charge in [0.1, 0.15) is 5.69 Å². The standard InChI is InChI=1S/C12H19N3O4/c1-7(2)3-8(4-10(16)17)5-13-11(18)9-6-14-12(19)15-9/h6-8H,3-5H2,1-2H3,(H,13,18)(H,16,17)(H2,14,15,19). The molecule has 7 nitrogen and oxygen atoms in total. The molecule has 0 spiro atoms. The lowest BCUT2D eigenvalue weighted by Gasteiger charge is -2.17. The first-order valence-electron chi connectivity index (χ1n) is 6.16. The second-order valence-electron chi connectivity index (χ2n) is 4.96. The molecule has 0 saturated carbocycles. The molecular formula is C12H19N3O4. The molecule has 106 valence electrons. The fourth-order valence-electron chi connectivity index (χ4n) is 1.94. The molecule has 1 aromatic heterocycles. The number of hydrogen-bond acceptors (Lipinski definition) is 3. The van der Waals surface area contributed by atoms with Gasteiger partial charge in [0, 0.05) is 19.2 Å². The molecule has 1 unspecified atom stereocenters. The summed E-state index contributed by atoms with van der Waals surface area (Å²) in [7, 11) is 0. The third-order valence-electron chi connectivity index (χ3n) is 2.66. The van der Waals surface area contributed by atoms with Crippen LogP contribution < -0.4 is 11.0 Å². The highest BCUT2D eigenvalue weighted by Gasteiger charge is 2.17. The van der Waals surface area contributed by atoms with Crippen LogP contribution in [0.25, 0.3) is 0 Å². The maximum atomic E-state index is 11.7. The van der Waals surface area contributed by atoms with Crippen LogP contribution in [0.2, 0.25) is 0 Å². The van der Waals surface area contributed by atoms with Crippen molar-refractivity contribution in [1.82, 2.24) is 15.3 Å². The Morgan fingerprint density at radius 1 is 1.42 bits per heavy atom. The molecule has 0 aliphatic carbocycles. The number of aromatic nitrogens is 2. The van der Waals surface area contributed by atoms with Crippen molar-refractivity contribution in [3.63, 3.8) is 0 Å². The number of nitrogens with one attached hydrogen (secondary N) is 3. The number of imidazole rings is 1. The predicted octanol–water partition coefficient (Wildman–Crippen LogP) is 0.570. The molecule has 1 aromatic rings. The van der Waals surface area contributed by atoms with Gasteiger partial charge in [-0.2, -0.15) is 0 Å². The smallest absolute Gasteiger partial charge is 0.323 e. The van der Waals surface area contributed by atoms with Gasteiger partial charge in [0.05, 0.1) is 0 Å². The summed E-state index contributed by atoms with van der Waals surface area (Å²) in [5.74, 6) is -1.06. The minimum atomic E-state index is -0.880. The number of carboxylic acid groups (broad SMARTS) is 1. The van der Waals surface area contributed by atoms with Crippen molar-refractivity contribution in [3.05, 3.63) is 22.4 Å². The SMILES string of the molecule is CC(C)CC(CNC(=O)c1c[nH]c(=O)[nH]1)CC(=O)O. The summed E-state index contributed by atoms with van der Waals surface area (Å²) in [4.78, 5) is 38.0. The molecule has 1 rings (SSSR count). The zero-order chi connectivity index (χ0) is 14.4. The lowest BCUT2D eigenvalue weighted by molar-refractivity contribution is -0.138. The fraction of sp³-hybridized carbons (Fsp3) is 0.583. The molecule has 0 aliphatic rings. The van der Waals surface area contributed by atoms with E-state index in [-0.39, 0.29) is 24.6 Å². The van der Waals surface area contributed by atoms with Gasteiger partial charge in [0.2, 0.25) is 0 Å². The summed E-state index contributed by atoms with van der Waals surface area (Å²) in [5, 5.41) is 11.4. The number of carboxylic acids is 1. The van der Waals surface area contributed by atoms with Crippen LogP contribution in [0.5, 0.6) is 0 Å². The van der Waals surface area contributed by atoms with Gasteiger partial charge in [0.15, 0.2) is 0 Å². The quantitative estimate of drug-likeness (QED) is 0.579. The van der Waals surface area contributed by atoms with E-state index in [0.717, 1.165) is 6.42 Å². The molecule has 1 atom stereocenters. The molecule has 0 aromatic carbocycles. The van der Waals surface area contributed by atoms with Crippen LogP contribution in [0, 0.1) is 11.8 Å². The van der Waals surface area contributed by atoms with Crippen molar-refractivity contribution in [2.45, 2.75) is 26.7 Å². The second-order valence-corrected chi connectivity index (χ2v) is 4.96. The maximum absolute atomic E-state index is 11.7. The lowest BCUT2D eigenvalue weighted by atomic mass is 9.94. The third-order valence-corrected chi connectivity index (χ3v) is 2.66.